The predicted octanol–water partition coefficient (Wildman–Crippen LogP) is -13.5. The van der Waals surface area contributed by atoms with E-state index in [1.165, 1.54) is 9.80 Å². The monoisotopic (exact) mass is 1070 g/mol. The molecule has 1 rings (SSSR count). The van der Waals surface area contributed by atoms with Crippen LogP contribution in [0.25, 0.3) is 0 Å². The summed E-state index contributed by atoms with van der Waals surface area (Å²) in [6.07, 6.45) is -27.8. The summed E-state index contributed by atoms with van der Waals surface area (Å²) < 4.78 is 0. The summed E-state index contributed by atoms with van der Waals surface area (Å²) in [7, 11) is 0. The van der Waals surface area contributed by atoms with Crippen LogP contribution in [0.1, 0.15) is 12.8 Å². The molecule has 426 valence electrons. The number of carbonyl (C=O) groups excluding carboxylic acids is 2. The number of hydrogen-bond acceptors (Lipinski definition) is 28. The molecule has 34 nitrogen and oxygen atoms in total. The average Bonchev–Trinajstić information content (AvgIpc) is 3.50. The van der Waals surface area contributed by atoms with Crippen molar-refractivity contribution in [1.82, 2.24) is 36.3 Å². The fourth-order valence-corrected chi connectivity index (χ4v) is 7.45. The molecule has 0 bridgehead atoms. The van der Waals surface area contributed by atoms with Gasteiger partial charge in [0.1, 0.15) is 61.0 Å². The molecule has 1 saturated heterocycles. The number of aliphatic hydroxyl groups is 15. The van der Waals surface area contributed by atoms with Gasteiger partial charge < -0.3 is 112 Å². The van der Waals surface area contributed by atoms with Crippen molar-refractivity contribution < 1.29 is 135 Å². The summed E-state index contributed by atoms with van der Waals surface area (Å²) in [5, 5.41) is 192. The molecule has 1 aliphatic rings. The van der Waals surface area contributed by atoms with E-state index in [0.29, 0.717) is 0 Å². The third-order valence-corrected chi connectivity index (χ3v) is 11.6. The number of carboxylic acid groups (broad SMARTS) is 4. The van der Waals surface area contributed by atoms with Crippen molar-refractivity contribution in [2.45, 2.75) is 92.3 Å². The number of hydrogen-bond donors (Lipinski definition) is 23. The van der Waals surface area contributed by atoms with Gasteiger partial charge in [0.25, 0.3) is 11.8 Å². The van der Waals surface area contributed by atoms with Gasteiger partial charge in [0.2, 0.25) is 0 Å². The molecule has 14 unspecified atom stereocenters. The molecule has 23 N–H and O–H groups in total. The Morgan fingerprint density at radius 3 is 1.40 bits per heavy atom. The van der Waals surface area contributed by atoms with E-state index in [9.17, 15) is 110 Å². The number of carbonyl (C=O) groups is 6. The van der Waals surface area contributed by atoms with Gasteiger partial charge in [-0.3, -0.25) is 48.3 Å². The maximum absolute atomic E-state index is 13.2. The minimum atomic E-state index is -2.53. The molecule has 0 aromatic heterocycles. The summed E-state index contributed by atoms with van der Waals surface area (Å²) in [5.41, 5.74) is 3.02. The second-order valence-corrected chi connectivity index (χ2v) is 17.4. The Morgan fingerprint density at radius 1 is 0.548 bits per heavy atom. The van der Waals surface area contributed by atoms with E-state index in [1.54, 1.807) is 0 Å². The molecule has 0 aromatic carbocycles. The van der Waals surface area contributed by atoms with Gasteiger partial charge >= 0.3 is 23.9 Å². The van der Waals surface area contributed by atoms with Crippen molar-refractivity contribution >= 4 is 35.7 Å². The minimum absolute atomic E-state index is 0.00667. The molecule has 0 radical (unpaired) electrons. The second kappa shape index (κ2) is 33.8. The van der Waals surface area contributed by atoms with Crippen molar-refractivity contribution in [2.24, 2.45) is 11.3 Å². The van der Waals surface area contributed by atoms with Crippen LogP contribution in [0.5, 0.6) is 0 Å². The number of nitrogens with zero attached hydrogens (tertiary/aromatic N) is 3. The van der Waals surface area contributed by atoms with Crippen LogP contribution in [0.3, 0.4) is 0 Å². The van der Waals surface area contributed by atoms with Crippen LogP contribution in [0.2, 0.25) is 0 Å². The predicted molar refractivity (Wildman–Crippen MR) is 236 cm³/mol. The Kier molecular flexibility index (Phi) is 31.0. The molecule has 0 spiro atoms. The fourth-order valence-electron chi connectivity index (χ4n) is 7.45. The SMILES string of the molecule is O=C(O)CN1CCN(CC(=O)O)C(N(CC(=O)O)CC(=O)O)C(CCCONCC(CNOCC(O)C(O)C(O)C(O)CO)(CNC(=O)C(O)C(O)C(O)C(O)CO)CNC(=O)C(O)C(O)C(O)C(O)CO)C1. The van der Waals surface area contributed by atoms with E-state index in [-0.39, 0.29) is 39.1 Å². The van der Waals surface area contributed by atoms with Crippen LogP contribution in [0.4, 0.5) is 0 Å². The topological polar surface area (TPSA) is 563 Å². The van der Waals surface area contributed by atoms with Crippen molar-refractivity contribution in [1.29, 1.82) is 0 Å². The van der Waals surface area contributed by atoms with E-state index in [2.05, 4.69) is 21.6 Å². The highest BCUT2D eigenvalue weighted by Crippen LogP contribution is 2.26. The van der Waals surface area contributed by atoms with Crippen molar-refractivity contribution in [3.63, 3.8) is 0 Å². The summed E-state index contributed by atoms with van der Waals surface area (Å²) in [5.74, 6) is -9.29. The Bertz CT molecular complexity index is 1620. The maximum atomic E-state index is 13.2. The van der Waals surface area contributed by atoms with Crippen LogP contribution < -0.4 is 21.6 Å². The smallest absolute Gasteiger partial charge is 0.317 e. The first-order valence-corrected chi connectivity index (χ1v) is 22.5. The molecule has 0 aliphatic carbocycles. The number of hydroxylamine groups is 2. The highest BCUT2D eigenvalue weighted by atomic mass is 16.7. The van der Waals surface area contributed by atoms with Crippen LogP contribution in [0.15, 0.2) is 0 Å². The average molecular weight is 1070 g/mol. The molecule has 0 aromatic rings. The van der Waals surface area contributed by atoms with E-state index in [4.69, 9.17) is 25.0 Å². The lowest BCUT2D eigenvalue weighted by Gasteiger charge is -2.41. The largest absolute Gasteiger partial charge is 0.480 e. The zero-order valence-electron chi connectivity index (χ0n) is 39.4. The Morgan fingerprint density at radius 2 is 0.973 bits per heavy atom. The Labute approximate surface area is 415 Å². The summed E-state index contributed by atoms with van der Waals surface area (Å²) in [6.45, 7) is -10.4. The van der Waals surface area contributed by atoms with E-state index >= 15 is 0 Å². The summed E-state index contributed by atoms with van der Waals surface area (Å²) >= 11 is 0. The third kappa shape index (κ3) is 23.2. The molecule has 14 atom stereocenters. The van der Waals surface area contributed by atoms with Gasteiger partial charge in [0.05, 0.1) is 65.4 Å². The van der Waals surface area contributed by atoms with Crippen molar-refractivity contribution in [3.05, 3.63) is 0 Å². The summed E-state index contributed by atoms with van der Waals surface area (Å²) in [6, 6.07) is 0. The van der Waals surface area contributed by atoms with E-state index in [1.807, 2.05) is 0 Å². The van der Waals surface area contributed by atoms with Gasteiger partial charge in [-0.2, -0.15) is 0 Å². The van der Waals surface area contributed by atoms with E-state index in [0.717, 1.165) is 4.90 Å². The van der Waals surface area contributed by atoms with Gasteiger partial charge in [0, 0.05) is 57.1 Å². The normalized spacial score (nSPS) is 21.7. The van der Waals surface area contributed by atoms with Gasteiger partial charge in [-0.15, -0.1) is 0 Å². The molecule has 1 fully saturated rings. The van der Waals surface area contributed by atoms with Gasteiger partial charge in [0.15, 0.2) is 12.2 Å². The first-order chi connectivity index (χ1) is 34.2. The van der Waals surface area contributed by atoms with Gasteiger partial charge in [-0.05, 0) is 12.8 Å². The molecule has 1 aliphatic heterocycles. The molecule has 1 heterocycles. The highest BCUT2D eigenvalue weighted by Gasteiger charge is 2.41. The second-order valence-electron chi connectivity index (χ2n) is 17.4. The van der Waals surface area contributed by atoms with Gasteiger partial charge in [-0.1, -0.05) is 0 Å². The fraction of sp³-hybridized carbons (Fsp3) is 0.846. The molecule has 2 amide bonds. The first kappa shape index (κ1) is 67.0. The number of rotatable bonds is 39. The number of carboxylic acids is 4. The number of aliphatic carboxylic acids is 4. The maximum Gasteiger partial charge on any atom is 0.317 e. The molecular weight excluding hydrogens is 998 g/mol. The zero-order chi connectivity index (χ0) is 55.7. The molecular formula is C39H73N7O27. The standard InChI is InChI=1S/C39H73N7O27/c47-11-20(50)28(62)31(65)23(53)14-73-43-18-39(15-40-36(70)34(68)32(66)29(63)21(51)12-48,16-41-37(71)35(69)33(67)30(64)22(52)13-49)17-42-72-5-1-2-19-6-44(7-24(54)55)3-4-45(8-25(56)57)38(19)46(9-26(58)59)10-27(60)61/h19-23,28-35,38,42-43,47-53,62-69H,1-18H2,(H,40,70)(H,41,71)(H,54,55)(H,56,57)(H,58,59)(H,60,61). The van der Waals surface area contributed by atoms with Crippen LogP contribution in [-0.2, 0) is 38.4 Å². The number of aliphatic hydroxyl groups excluding tert-OH is 15. The molecule has 0 saturated carbocycles. The minimum Gasteiger partial charge on any atom is -0.480 e. The van der Waals surface area contributed by atoms with Crippen molar-refractivity contribution in [3.8, 4) is 0 Å². The highest BCUT2D eigenvalue weighted by molar-refractivity contribution is 5.82. The van der Waals surface area contributed by atoms with Crippen LogP contribution in [0, 0.1) is 11.3 Å². The third-order valence-electron chi connectivity index (χ3n) is 11.6. The molecule has 34 heteroatoms. The Balaban J connectivity index is 3.62. The van der Waals surface area contributed by atoms with Crippen molar-refractivity contribution in [2.75, 3.05) is 105 Å². The summed E-state index contributed by atoms with van der Waals surface area (Å²) in [4.78, 5) is 88.4. The lowest BCUT2D eigenvalue weighted by Crippen LogP contribution is -2.59. The number of nitrogens with one attached hydrogen (secondary N) is 4. The molecule has 73 heavy (non-hydrogen) atoms. The van der Waals surface area contributed by atoms with Crippen LogP contribution >= 0.6 is 0 Å². The first-order valence-electron chi connectivity index (χ1n) is 22.5. The lowest BCUT2D eigenvalue weighted by molar-refractivity contribution is -0.151. The Hall–Kier alpha value is -4.06. The van der Waals surface area contributed by atoms with Gasteiger partial charge in [-0.25, -0.2) is 11.0 Å². The lowest BCUT2D eigenvalue weighted by atomic mass is 9.87. The number of amides is 2. The quantitative estimate of drug-likeness (QED) is 0.0201. The zero-order valence-corrected chi connectivity index (χ0v) is 39.4. The van der Waals surface area contributed by atoms with Crippen LogP contribution in [-0.4, -0.2) is 332 Å². The van der Waals surface area contributed by atoms with E-state index < -0.39 is 205 Å².